The highest BCUT2D eigenvalue weighted by atomic mass is 19.1. The molecule has 0 aliphatic carbocycles. The van der Waals surface area contributed by atoms with Gasteiger partial charge in [0.25, 0.3) is 0 Å². The van der Waals surface area contributed by atoms with Crippen LogP contribution in [0.3, 0.4) is 0 Å². The molecule has 18 heavy (non-hydrogen) atoms. The number of hydrogen-bond acceptors (Lipinski definition) is 3. The number of amides is 1. The zero-order valence-corrected chi connectivity index (χ0v) is 10.5. The van der Waals surface area contributed by atoms with E-state index in [2.05, 4.69) is 15.6 Å². The molecule has 0 spiro atoms. The Morgan fingerprint density at radius 3 is 3.11 bits per heavy atom. The SMILES string of the molecule is CCCC1(C(=O)Nc2ccncc2F)CCCN1. The highest BCUT2D eigenvalue weighted by molar-refractivity contribution is 5.98. The highest BCUT2D eigenvalue weighted by Gasteiger charge is 2.40. The monoisotopic (exact) mass is 251 g/mol. The molecule has 1 aromatic rings. The number of aromatic nitrogens is 1. The number of hydrogen-bond donors (Lipinski definition) is 2. The van der Waals surface area contributed by atoms with Gasteiger partial charge in [0.1, 0.15) is 0 Å². The van der Waals surface area contributed by atoms with E-state index >= 15 is 0 Å². The van der Waals surface area contributed by atoms with Crippen LogP contribution >= 0.6 is 0 Å². The van der Waals surface area contributed by atoms with Crippen molar-refractivity contribution in [2.75, 3.05) is 11.9 Å². The van der Waals surface area contributed by atoms with Gasteiger partial charge in [-0.1, -0.05) is 13.3 Å². The molecule has 98 valence electrons. The molecule has 0 bridgehead atoms. The molecule has 1 aromatic heterocycles. The summed E-state index contributed by atoms with van der Waals surface area (Å²) in [6.45, 7) is 2.88. The van der Waals surface area contributed by atoms with Crippen LogP contribution in [0.25, 0.3) is 0 Å². The van der Waals surface area contributed by atoms with E-state index in [1.807, 2.05) is 6.92 Å². The van der Waals surface area contributed by atoms with Crippen LogP contribution < -0.4 is 10.6 Å². The summed E-state index contributed by atoms with van der Waals surface area (Å²) in [7, 11) is 0. The summed E-state index contributed by atoms with van der Waals surface area (Å²) in [6, 6.07) is 1.47. The number of halogens is 1. The number of pyridine rings is 1. The van der Waals surface area contributed by atoms with E-state index in [1.54, 1.807) is 0 Å². The quantitative estimate of drug-likeness (QED) is 0.861. The Kier molecular flexibility index (Phi) is 3.91. The Balaban J connectivity index is 2.13. The fraction of sp³-hybridized carbons (Fsp3) is 0.538. The molecule has 0 radical (unpaired) electrons. The molecule has 1 aliphatic rings. The maximum atomic E-state index is 13.4. The maximum absolute atomic E-state index is 13.4. The van der Waals surface area contributed by atoms with Crippen LogP contribution in [-0.2, 0) is 4.79 Å². The normalized spacial score (nSPS) is 23.0. The Morgan fingerprint density at radius 1 is 1.67 bits per heavy atom. The second-order valence-electron chi connectivity index (χ2n) is 4.67. The van der Waals surface area contributed by atoms with Crippen molar-refractivity contribution in [1.82, 2.24) is 10.3 Å². The van der Waals surface area contributed by atoms with Crippen molar-refractivity contribution < 1.29 is 9.18 Å². The van der Waals surface area contributed by atoms with Crippen molar-refractivity contribution in [2.24, 2.45) is 0 Å². The summed E-state index contributed by atoms with van der Waals surface area (Å²) < 4.78 is 13.4. The van der Waals surface area contributed by atoms with Crippen molar-refractivity contribution >= 4 is 11.6 Å². The van der Waals surface area contributed by atoms with Gasteiger partial charge in [-0.15, -0.1) is 0 Å². The summed E-state index contributed by atoms with van der Waals surface area (Å²) in [5.41, 5.74) is -0.344. The van der Waals surface area contributed by atoms with Crippen molar-refractivity contribution in [3.63, 3.8) is 0 Å². The third-order valence-electron chi connectivity index (χ3n) is 3.38. The second-order valence-corrected chi connectivity index (χ2v) is 4.67. The van der Waals surface area contributed by atoms with Gasteiger partial charge in [-0.2, -0.15) is 0 Å². The lowest BCUT2D eigenvalue weighted by molar-refractivity contribution is -0.122. The first-order chi connectivity index (χ1) is 8.68. The Hall–Kier alpha value is -1.49. The summed E-state index contributed by atoms with van der Waals surface area (Å²) in [6.07, 6.45) is 6.04. The van der Waals surface area contributed by atoms with E-state index in [9.17, 15) is 9.18 Å². The van der Waals surface area contributed by atoms with Gasteiger partial charge >= 0.3 is 0 Å². The molecule has 1 unspecified atom stereocenters. The first-order valence-electron chi connectivity index (χ1n) is 6.34. The predicted molar refractivity (Wildman–Crippen MR) is 67.7 cm³/mol. The summed E-state index contributed by atoms with van der Waals surface area (Å²) in [4.78, 5) is 16.0. The minimum atomic E-state index is -0.537. The smallest absolute Gasteiger partial charge is 0.244 e. The number of carbonyl (C=O) groups is 1. The van der Waals surface area contributed by atoms with E-state index < -0.39 is 11.4 Å². The van der Waals surface area contributed by atoms with E-state index in [0.29, 0.717) is 0 Å². The number of carbonyl (C=O) groups excluding carboxylic acids is 1. The molecular weight excluding hydrogens is 233 g/mol. The van der Waals surface area contributed by atoms with Crippen molar-refractivity contribution in [3.05, 3.63) is 24.3 Å². The van der Waals surface area contributed by atoms with Crippen LogP contribution in [0.2, 0.25) is 0 Å². The largest absolute Gasteiger partial charge is 0.322 e. The molecule has 4 nitrogen and oxygen atoms in total. The molecule has 0 aromatic carbocycles. The Morgan fingerprint density at radius 2 is 2.50 bits per heavy atom. The van der Waals surface area contributed by atoms with E-state index in [-0.39, 0.29) is 11.6 Å². The Labute approximate surface area is 106 Å². The first-order valence-corrected chi connectivity index (χ1v) is 6.34. The Bertz CT molecular complexity index is 430. The van der Waals surface area contributed by atoms with E-state index in [4.69, 9.17) is 0 Å². The van der Waals surface area contributed by atoms with Gasteiger partial charge in [0.15, 0.2) is 5.82 Å². The van der Waals surface area contributed by atoms with Crippen molar-refractivity contribution in [3.8, 4) is 0 Å². The van der Waals surface area contributed by atoms with Gasteiger partial charge in [-0.25, -0.2) is 4.39 Å². The molecule has 1 amide bonds. The van der Waals surface area contributed by atoms with Gasteiger partial charge < -0.3 is 10.6 Å². The molecule has 1 aliphatic heterocycles. The van der Waals surface area contributed by atoms with Crippen LogP contribution in [0.4, 0.5) is 10.1 Å². The lowest BCUT2D eigenvalue weighted by Crippen LogP contribution is -2.50. The van der Waals surface area contributed by atoms with Gasteiger partial charge in [0, 0.05) is 6.20 Å². The topological polar surface area (TPSA) is 54.0 Å². The maximum Gasteiger partial charge on any atom is 0.244 e. The van der Waals surface area contributed by atoms with Crippen LogP contribution in [0.5, 0.6) is 0 Å². The van der Waals surface area contributed by atoms with Gasteiger partial charge in [-0.05, 0) is 31.9 Å². The standard InChI is InChI=1S/C13H18FN3O/c1-2-5-13(6-3-7-16-13)12(18)17-11-4-8-15-9-10(11)14/h4,8-9,16H,2-3,5-7H2,1H3,(H,15,17,18). The number of rotatable bonds is 4. The molecule has 2 N–H and O–H groups in total. The highest BCUT2D eigenvalue weighted by Crippen LogP contribution is 2.26. The zero-order valence-electron chi connectivity index (χ0n) is 10.5. The average Bonchev–Trinajstić information content (AvgIpc) is 2.82. The molecule has 1 atom stereocenters. The zero-order chi connectivity index (χ0) is 13.0. The van der Waals surface area contributed by atoms with E-state index in [0.717, 1.165) is 38.4 Å². The lowest BCUT2D eigenvalue weighted by Gasteiger charge is -2.27. The average molecular weight is 251 g/mol. The molecule has 1 fully saturated rings. The summed E-state index contributed by atoms with van der Waals surface area (Å²) >= 11 is 0. The molecule has 0 saturated carbocycles. The molecule has 1 saturated heterocycles. The fourth-order valence-electron chi connectivity index (χ4n) is 2.47. The second kappa shape index (κ2) is 5.44. The molecule has 5 heteroatoms. The predicted octanol–water partition coefficient (Wildman–Crippen LogP) is 2.08. The number of nitrogens with one attached hydrogen (secondary N) is 2. The lowest BCUT2D eigenvalue weighted by atomic mass is 9.91. The van der Waals surface area contributed by atoms with Crippen LogP contribution in [-0.4, -0.2) is 23.0 Å². The number of nitrogens with zero attached hydrogens (tertiary/aromatic N) is 1. The molecule has 2 heterocycles. The van der Waals surface area contributed by atoms with Crippen LogP contribution in [0.15, 0.2) is 18.5 Å². The third-order valence-corrected chi connectivity index (χ3v) is 3.38. The van der Waals surface area contributed by atoms with E-state index in [1.165, 1.54) is 12.3 Å². The van der Waals surface area contributed by atoms with Gasteiger partial charge in [-0.3, -0.25) is 9.78 Å². The summed E-state index contributed by atoms with van der Waals surface area (Å²) in [5, 5.41) is 5.92. The molecular formula is C13H18FN3O. The summed E-state index contributed by atoms with van der Waals surface area (Å²) in [5.74, 6) is -0.651. The minimum Gasteiger partial charge on any atom is -0.322 e. The third kappa shape index (κ3) is 2.51. The minimum absolute atomic E-state index is 0.146. The van der Waals surface area contributed by atoms with Crippen molar-refractivity contribution in [2.45, 2.75) is 38.1 Å². The van der Waals surface area contributed by atoms with Gasteiger partial charge in [0.05, 0.1) is 17.4 Å². The van der Waals surface area contributed by atoms with Crippen molar-refractivity contribution in [1.29, 1.82) is 0 Å². The van der Waals surface area contributed by atoms with Crippen LogP contribution in [0, 0.1) is 5.82 Å². The first kappa shape index (κ1) is 13.0. The van der Waals surface area contributed by atoms with Crippen LogP contribution in [0.1, 0.15) is 32.6 Å². The number of anilines is 1. The fourth-order valence-corrected chi connectivity index (χ4v) is 2.47. The molecule has 2 rings (SSSR count). The van der Waals surface area contributed by atoms with Gasteiger partial charge in [0.2, 0.25) is 5.91 Å².